The molecule has 3 aliphatic rings. The lowest BCUT2D eigenvalue weighted by Gasteiger charge is -2.50. The number of nitrogens with zero attached hydrogens (tertiary/aromatic N) is 1. The largest absolute Gasteiger partial charge is 0.495 e. The number of hydrogen-bond donors (Lipinski definition) is 1. The van der Waals surface area contributed by atoms with E-state index in [1.54, 1.807) is 7.11 Å². The maximum absolute atomic E-state index is 5.56. The average molecular weight is 325 g/mol. The van der Waals surface area contributed by atoms with Crippen LogP contribution in [0.5, 0.6) is 5.75 Å². The summed E-state index contributed by atoms with van der Waals surface area (Å²) in [6, 6.07) is 7.71. The number of hydrogen-bond acceptors (Lipinski definition) is 3. The van der Waals surface area contributed by atoms with Crippen molar-refractivity contribution in [3.63, 3.8) is 0 Å². The van der Waals surface area contributed by atoms with E-state index < -0.39 is 0 Å². The summed E-state index contributed by atoms with van der Waals surface area (Å²) in [7, 11) is 1.76. The van der Waals surface area contributed by atoms with Crippen molar-refractivity contribution < 1.29 is 4.74 Å². The Kier molecular flexibility index (Phi) is 5.62. The Morgan fingerprint density at radius 2 is 1.91 bits per heavy atom. The zero-order valence-electron chi connectivity index (χ0n) is 14.1. The van der Waals surface area contributed by atoms with Gasteiger partial charge in [0.05, 0.1) is 12.8 Å². The van der Waals surface area contributed by atoms with Gasteiger partial charge in [0.15, 0.2) is 0 Å². The molecule has 0 aliphatic carbocycles. The Bertz CT molecular complexity index is 496. The van der Waals surface area contributed by atoms with Crippen molar-refractivity contribution in [2.45, 2.75) is 51.6 Å². The van der Waals surface area contributed by atoms with E-state index in [-0.39, 0.29) is 12.4 Å². The van der Waals surface area contributed by atoms with E-state index in [1.165, 1.54) is 31.5 Å². The number of piperidine rings is 3. The van der Waals surface area contributed by atoms with Crippen LogP contribution < -0.4 is 10.1 Å². The number of fused-ring (bicyclic) bond motifs is 3. The summed E-state index contributed by atoms with van der Waals surface area (Å²) in [5, 5.41) is 3.81. The predicted octanol–water partition coefficient (Wildman–Crippen LogP) is 4.14. The molecule has 1 aromatic rings. The highest BCUT2D eigenvalue weighted by molar-refractivity contribution is 5.85. The lowest BCUT2D eigenvalue weighted by atomic mass is 9.79. The highest BCUT2D eigenvalue weighted by Gasteiger charge is 2.39. The SMILES string of the molecule is COc1ccc(C(C)C)cc1N[C@H]1C2CCN(CC2)[C@H]1C.Cl. The van der Waals surface area contributed by atoms with Gasteiger partial charge in [0.1, 0.15) is 5.75 Å². The van der Waals surface area contributed by atoms with Crippen LogP contribution in [0.2, 0.25) is 0 Å². The lowest BCUT2D eigenvalue weighted by molar-refractivity contribution is 0.0458. The summed E-state index contributed by atoms with van der Waals surface area (Å²) in [4.78, 5) is 2.62. The molecular weight excluding hydrogens is 296 g/mol. The van der Waals surface area contributed by atoms with Crippen LogP contribution in [-0.2, 0) is 0 Å². The van der Waals surface area contributed by atoms with E-state index in [2.05, 4.69) is 49.2 Å². The molecule has 0 saturated carbocycles. The number of rotatable bonds is 4. The summed E-state index contributed by atoms with van der Waals surface area (Å²) < 4.78 is 5.56. The quantitative estimate of drug-likeness (QED) is 0.901. The number of ether oxygens (including phenoxy) is 1. The fraction of sp³-hybridized carbons (Fsp3) is 0.667. The molecule has 3 nitrogen and oxygen atoms in total. The highest BCUT2D eigenvalue weighted by Crippen LogP contribution is 2.37. The van der Waals surface area contributed by atoms with Crippen molar-refractivity contribution in [3.05, 3.63) is 23.8 Å². The molecule has 0 amide bonds. The minimum Gasteiger partial charge on any atom is -0.495 e. The second-order valence-electron chi connectivity index (χ2n) is 6.90. The van der Waals surface area contributed by atoms with Crippen molar-refractivity contribution in [3.8, 4) is 5.75 Å². The third-order valence-corrected chi connectivity index (χ3v) is 5.39. The van der Waals surface area contributed by atoms with Crippen molar-refractivity contribution in [2.75, 3.05) is 25.5 Å². The first-order chi connectivity index (χ1) is 10.1. The Morgan fingerprint density at radius 3 is 2.45 bits per heavy atom. The number of methoxy groups -OCH3 is 1. The summed E-state index contributed by atoms with van der Waals surface area (Å²) in [6.07, 6.45) is 2.66. The van der Waals surface area contributed by atoms with Gasteiger partial charge in [0.2, 0.25) is 0 Å². The molecule has 0 aromatic heterocycles. The molecule has 124 valence electrons. The standard InChI is InChI=1S/C18H28N2O.ClH/c1-12(2)15-5-6-17(21-4)16(11-15)19-18-13(3)20-9-7-14(18)8-10-20;/h5-6,11-14,18-19H,7-10H2,1-4H3;1H/t13-,18+;/m0./s1. The molecule has 3 aliphatic heterocycles. The zero-order valence-corrected chi connectivity index (χ0v) is 15.0. The number of anilines is 1. The van der Waals surface area contributed by atoms with Gasteiger partial charge < -0.3 is 10.1 Å². The van der Waals surface area contributed by atoms with Crippen molar-refractivity contribution in [1.82, 2.24) is 4.90 Å². The van der Waals surface area contributed by atoms with E-state index in [0.717, 1.165) is 17.4 Å². The van der Waals surface area contributed by atoms with Gasteiger partial charge >= 0.3 is 0 Å². The summed E-state index contributed by atoms with van der Waals surface area (Å²) in [6.45, 7) is 9.38. The minimum absolute atomic E-state index is 0. The molecule has 4 rings (SSSR count). The van der Waals surface area contributed by atoms with E-state index in [1.807, 2.05) is 0 Å². The van der Waals surface area contributed by atoms with E-state index in [9.17, 15) is 0 Å². The smallest absolute Gasteiger partial charge is 0.141 e. The molecule has 3 heterocycles. The van der Waals surface area contributed by atoms with Crippen LogP contribution >= 0.6 is 12.4 Å². The second-order valence-corrected chi connectivity index (χ2v) is 6.90. The maximum atomic E-state index is 5.56. The molecule has 22 heavy (non-hydrogen) atoms. The third-order valence-electron chi connectivity index (χ3n) is 5.39. The molecule has 3 fully saturated rings. The molecule has 2 bridgehead atoms. The number of nitrogens with one attached hydrogen (secondary N) is 1. The monoisotopic (exact) mass is 324 g/mol. The van der Waals surface area contributed by atoms with Gasteiger partial charge in [0, 0.05) is 12.1 Å². The van der Waals surface area contributed by atoms with Crippen molar-refractivity contribution in [2.24, 2.45) is 5.92 Å². The Hall–Kier alpha value is -0.930. The molecule has 3 saturated heterocycles. The lowest BCUT2D eigenvalue weighted by Crippen LogP contribution is -2.59. The van der Waals surface area contributed by atoms with E-state index in [4.69, 9.17) is 4.74 Å². The number of halogens is 1. The van der Waals surface area contributed by atoms with Gasteiger partial charge in [-0.25, -0.2) is 0 Å². The minimum atomic E-state index is 0. The first-order valence-corrected chi connectivity index (χ1v) is 8.28. The van der Waals surface area contributed by atoms with Crippen LogP contribution in [0.25, 0.3) is 0 Å². The third kappa shape index (κ3) is 3.21. The van der Waals surface area contributed by atoms with Crippen LogP contribution in [0.1, 0.15) is 45.1 Å². The molecule has 2 atom stereocenters. The first-order valence-electron chi connectivity index (χ1n) is 8.28. The molecule has 0 spiro atoms. The summed E-state index contributed by atoms with van der Waals surface area (Å²) >= 11 is 0. The molecule has 1 N–H and O–H groups in total. The fourth-order valence-electron chi connectivity index (χ4n) is 3.92. The summed E-state index contributed by atoms with van der Waals surface area (Å²) in [5.41, 5.74) is 2.53. The number of benzene rings is 1. The van der Waals surface area contributed by atoms with Gasteiger partial charge in [0.25, 0.3) is 0 Å². The molecular formula is C18H29ClN2O. The van der Waals surface area contributed by atoms with Gasteiger partial charge in [-0.15, -0.1) is 12.4 Å². The Labute approximate surface area is 140 Å². The van der Waals surface area contributed by atoms with Crippen molar-refractivity contribution in [1.29, 1.82) is 0 Å². The zero-order chi connectivity index (χ0) is 15.0. The van der Waals surface area contributed by atoms with Gasteiger partial charge in [-0.2, -0.15) is 0 Å². The van der Waals surface area contributed by atoms with Crippen molar-refractivity contribution >= 4 is 18.1 Å². The molecule has 1 aromatic carbocycles. The van der Waals surface area contributed by atoms with Crippen LogP contribution in [0.4, 0.5) is 5.69 Å². The average Bonchev–Trinajstić information content (AvgIpc) is 2.51. The van der Waals surface area contributed by atoms with Crippen LogP contribution in [0.3, 0.4) is 0 Å². The van der Waals surface area contributed by atoms with Crippen LogP contribution in [-0.4, -0.2) is 37.2 Å². The Balaban J connectivity index is 0.00000176. The molecule has 0 radical (unpaired) electrons. The van der Waals surface area contributed by atoms with E-state index >= 15 is 0 Å². The second kappa shape index (κ2) is 7.10. The normalized spacial score (nSPS) is 30.0. The van der Waals surface area contributed by atoms with Crippen LogP contribution in [0, 0.1) is 5.92 Å². The van der Waals surface area contributed by atoms with Gasteiger partial charge in [-0.3, -0.25) is 4.90 Å². The fourth-order valence-corrected chi connectivity index (χ4v) is 3.92. The predicted molar refractivity (Wildman–Crippen MR) is 95.5 cm³/mol. The van der Waals surface area contributed by atoms with Crippen LogP contribution in [0.15, 0.2) is 18.2 Å². The van der Waals surface area contributed by atoms with Gasteiger partial charge in [-0.05, 0) is 62.4 Å². The molecule has 4 heteroatoms. The molecule has 0 unspecified atom stereocenters. The van der Waals surface area contributed by atoms with Gasteiger partial charge in [-0.1, -0.05) is 19.9 Å². The highest BCUT2D eigenvalue weighted by atomic mass is 35.5. The maximum Gasteiger partial charge on any atom is 0.141 e. The first kappa shape index (κ1) is 17.4. The Morgan fingerprint density at radius 1 is 1.23 bits per heavy atom. The topological polar surface area (TPSA) is 24.5 Å². The summed E-state index contributed by atoms with van der Waals surface area (Å²) in [5.74, 6) is 2.31. The van der Waals surface area contributed by atoms with E-state index in [0.29, 0.717) is 18.0 Å².